The van der Waals surface area contributed by atoms with Crippen LogP contribution in [0.4, 0.5) is 5.69 Å². The van der Waals surface area contributed by atoms with E-state index in [4.69, 9.17) is 4.74 Å². The Morgan fingerprint density at radius 1 is 1.15 bits per heavy atom. The second kappa shape index (κ2) is 7.47. The summed E-state index contributed by atoms with van der Waals surface area (Å²) in [5.41, 5.74) is 3.09. The first-order chi connectivity index (χ1) is 12.7. The maximum Gasteiger partial charge on any atom is 0.237 e. The minimum absolute atomic E-state index is 0.0288. The summed E-state index contributed by atoms with van der Waals surface area (Å²) >= 11 is 2.99. The first-order valence-electron chi connectivity index (χ1n) is 8.26. The third kappa shape index (κ3) is 3.59. The van der Waals surface area contributed by atoms with Crippen LogP contribution in [0.15, 0.2) is 52.9 Å². The number of hydrogen-bond donors (Lipinski definition) is 1. The Bertz CT molecular complexity index is 925. The molecule has 3 aromatic rings. The minimum Gasteiger partial charge on any atom is -0.497 e. The van der Waals surface area contributed by atoms with Crippen LogP contribution >= 0.6 is 23.1 Å². The monoisotopic (exact) mass is 383 g/mol. The predicted molar refractivity (Wildman–Crippen MR) is 105 cm³/mol. The van der Waals surface area contributed by atoms with Crippen LogP contribution in [0.5, 0.6) is 5.75 Å². The van der Waals surface area contributed by atoms with Gasteiger partial charge in [0, 0.05) is 11.3 Å². The number of aromatic nitrogens is 2. The smallest absolute Gasteiger partial charge is 0.237 e. The van der Waals surface area contributed by atoms with Gasteiger partial charge in [0.1, 0.15) is 10.8 Å². The van der Waals surface area contributed by atoms with Gasteiger partial charge in [0.2, 0.25) is 5.91 Å². The van der Waals surface area contributed by atoms with Gasteiger partial charge in [0.15, 0.2) is 4.34 Å². The number of rotatable bonds is 4. The molecular weight excluding hydrogens is 366 g/mol. The van der Waals surface area contributed by atoms with Crippen molar-refractivity contribution in [2.75, 3.05) is 12.4 Å². The van der Waals surface area contributed by atoms with Crippen LogP contribution < -0.4 is 10.1 Å². The Labute approximate surface area is 159 Å². The molecule has 1 aromatic heterocycles. The zero-order valence-corrected chi connectivity index (χ0v) is 15.8. The van der Waals surface area contributed by atoms with E-state index in [1.54, 1.807) is 7.11 Å². The lowest BCUT2D eigenvalue weighted by atomic mass is 10.1. The van der Waals surface area contributed by atoms with Crippen molar-refractivity contribution in [1.82, 2.24) is 10.2 Å². The van der Waals surface area contributed by atoms with Crippen molar-refractivity contribution in [3.63, 3.8) is 0 Å². The van der Waals surface area contributed by atoms with Gasteiger partial charge >= 0.3 is 0 Å². The fourth-order valence-corrected chi connectivity index (χ4v) is 4.93. The van der Waals surface area contributed by atoms with Crippen molar-refractivity contribution >= 4 is 34.7 Å². The van der Waals surface area contributed by atoms with Gasteiger partial charge in [-0.15, -0.1) is 10.2 Å². The van der Waals surface area contributed by atoms with Gasteiger partial charge in [-0.2, -0.15) is 0 Å². The van der Waals surface area contributed by atoms with E-state index in [9.17, 15) is 4.79 Å². The van der Waals surface area contributed by atoms with Crippen molar-refractivity contribution in [3.05, 3.63) is 54.1 Å². The molecule has 7 heteroatoms. The maximum absolute atomic E-state index is 12.5. The zero-order chi connectivity index (χ0) is 17.9. The lowest BCUT2D eigenvalue weighted by Gasteiger charge is -2.10. The summed E-state index contributed by atoms with van der Waals surface area (Å²) < 4.78 is 5.99. The number of nitrogens with one attached hydrogen (secondary N) is 1. The highest BCUT2D eigenvalue weighted by molar-refractivity contribution is 8.02. The standard InChI is InChI=1S/C19H17N3O2S2/c1-24-14-9-6-13(7-10-14)18-21-22-19(26-18)25-16-11-8-12-4-2-3-5-15(12)20-17(16)23/h2-7,9-10,16H,8,11H2,1H3,(H,20,23). The van der Waals surface area contributed by atoms with E-state index in [0.717, 1.165) is 39.2 Å². The quantitative estimate of drug-likeness (QED) is 0.729. The molecule has 0 radical (unpaired) electrons. The average Bonchev–Trinajstić information content (AvgIpc) is 3.08. The van der Waals surface area contributed by atoms with Crippen molar-refractivity contribution in [2.45, 2.75) is 22.4 Å². The molecule has 1 unspecified atom stereocenters. The number of amides is 1. The number of aryl methyl sites for hydroxylation is 1. The number of carbonyl (C=O) groups excluding carboxylic acids is 1. The highest BCUT2D eigenvalue weighted by Gasteiger charge is 2.25. The molecule has 0 fully saturated rings. The second-order valence-electron chi connectivity index (χ2n) is 5.89. The number of anilines is 1. The summed E-state index contributed by atoms with van der Waals surface area (Å²) in [5.74, 6) is 0.837. The fraction of sp³-hybridized carbons (Fsp3) is 0.211. The number of ether oxygens (including phenoxy) is 1. The second-order valence-corrected chi connectivity index (χ2v) is 8.32. The Morgan fingerprint density at radius 2 is 1.96 bits per heavy atom. The Hall–Kier alpha value is -2.38. The lowest BCUT2D eigenvalue weighted by Crippen LogP contribution is -2.23. The van der Waals surface area contributed by atoms with Crippen molar-refractivity contribution in [1.29, 1.82) is 0 Å². The van der Waals surface area contributed by atoms with Crippen LogP contribution in [0.2, 0.25) is 0 Å². The molecule has 1 N–H and O–H groups in total. The third-order valence-electron chi connectivity index (χ3n) is 4.23. The molecule has 5 nitrogen and oxygen atoms in total. The molecule has 1 aliphatic heterocycles. The van der Waals surface area contributed by atoms with Crippen LogP contribution in [0.25, 0.3) is 10.6 Å². The van der Waals surface area contributed by atoms with Crippen molar-refractivity contribution in [2.24, 2.45) is 0 Å². The van der Waals surface area contributed by atoms with Gasteiger partial charge < -0.3 is 10.1 Å². The molecule has 1 amide bonds. The molecule has 0 aliphatic carbocycles. The lowest BCUT2D eigenvalue weighted by molar-refractivity contribution is -0.115. The number of para-hydroxylation sites is 1. The summed E-state index contributed by atoms with van der Waals surface area (Å²) in [5, 5.41) is 12.2. The van der Waals surface area contributed by atoms with Gasteiger partial charge in [-0.05, 0) is 48.7 Å². The van der Waals surface area contributed by atoms with Gasteiger partial charge in [0.25, 0.3) is 0 Å². The summed E-state index contributed by atoms with van der Waals surface area (Å²) in [6.07, 6.45) is 1.65. The van der Waals surface area contributed by atoms with Gasteiger partial charge in [-0.1, -0.05) is 41.3 Å². The van der Waals surface area contributed by atoms with Crippen molar-refractivity contribution < 1.29 is 9.53 Å². The average molecular weight is 383 g/mol. The summed E-state index contributed by atoms with van der Waals surface area (Å²) in [6, 6.07) is 15.7. The molecule has 132 valence electrons. The fourth-order valence-electron chi connectivity index (χ4n) is 2.83. The van der Waals surface area contributed by atoms with Crippen molar-refractivity contribution in [3.8, 4) is 16.3 Å². The summed E-state index contributed by atoms with van der Waals surface area (Å²) in [6.45, 7) is 0. The molecule has 4 rings (SSSR count). The van der Waals surface area contributed by atoms with E-state index >= 15 is 0 Å². The van der Waals surface area contributed by atoms with E-state index in [2.05, 4.69) is 21.6 Å². The van der Waals surface area contributed by atoms with Crippen LogP contribution in [-0.4, -0.2) is 28.5 Å². The van der Waals surface area contributed by atoms with Crippen LogP contribution in [0, 0.1) is 0 Å². The molecule has 1 aliphatic rings. The summed E-state index contributed by atoms with van der Waals surface area (Å²) in [4.78, 5) is 12.5. The molecule has 0 saturated heterocycles. The number of carbonyl (C=O) groups is 1. The van der Waals surface area contributed by atoms with Gasteiger partial charge in [-0.3, -0.25) is 4.79 Å². The number of fused-ring (bicyclic) bond motifs is 1. The number of thioether (sulfide) groups is 1. The Balaban J connectivity index is 1.48. The molecule has 26 heavy (non-hydrogen) atoms. The number of hydrogen-bond acceptors (Lipinski definition) is 6. The number of nitrogens with zero attached hydrogens (tertiary/aromatic N) is 2. The summed E-state index contributed by atoms with van der Waals surface area (Å²) in [7, 11) is 1.64. The number of methoxy groups -OCH3 is 1. The SMILES string of the molecule is COc1ccc(-c2nnc(SC3CCc4ccccc4NC3=O)s2)cc1. The largest absolute Gasteiger partial charge is 0.497 e. The van der Waals surface area contributed by atoms with Crippen LogP contribution in [-0.2, 0) is 11.2 Å². The zero-order valence-electron chi connectivity index (χ0n) is 14.1. The van der Waals surface area contributed by atoms with E-state index < -0.39 is 0 Å². The van der Waals surface area contributed by atoms with Crippen LogP contribution in [0.1, 0.15) is 12.0 Å². The molecule has 0 saturated carbocycles. The Kier molecular flexibility index (Phi) is 4.90. The van der Waals surface area contributed by atoms with E-state index in [0.29, 0.717) is 0 Å². The first-order valence-corrected chi connectivity index (χ1v) is 9.96. The van der Waals surface area contributed by atoms with E-state index in [-0.39, 0.29) is 11.2 Å². The minimum atomic E-state index is -0.168. The number of benzene rings is 2. The molecule has 1 atom stereocenters. The van der Waals surface area contributed by atoms with Gasteiger partial charge in [0.05, 0.1) is 12.4 Å². The van der Waals surface area contributed by atoms with Gasteiger partial charge in [-0.25, -0.2) is 0 Å². The normalized spacial score (nSPS) is 16.5. The third-order valence-corrected chi connectivity index (χ3v) is 6.55. The maximum atomic E-state index is 12.5. The topological polar surface area (TPSA) is 64.1 Å². The molecule has 0 bridgehead atoms. The predicted octanol–water partition coefficient (Wildman–Crippen LogP) is 4.26. The molecule has 2 heterocycles. The molecule has 2 aromatic carbocycles. The van der Waals surface area contributed by atoms with E-state index in [1.807, 2.05) is 42.5 Å². The highest BCUT2D eigenvalue weighted by atomic mass is 32.2. The molecule has 0 spiro atoms. The Morgan fingerprint density at radius 3 is 2.77 bits per heavy atom. The molecular formula is C19H17N3O2S2. The van der Waals surface area contributed by atoms with Crippen LogP contribution in [0.3, 0.4) is 0 Å². The highest BCUT2D eigenvalue weighted by Crippen LogP contribution is 2.35. The van der Waals surface area contributed by atoms with E-state index in [1.165, 1.54) is 28.7 Å². The first kappa shape index (κ1) is 17.1.